The first kappa shape index (κ1) is 18.0. The molecule has 0 aliphatic carbocycles. The van der Waals surface area contributed by atoms with Crippen molar-refractivity contribution in [3.63, 3.8) is 0 Å². The second kappa shape index (κ2) is 7.05. The molecule has 2 aromatic carbocycles. The molecule has 1 aliphatic heterocycles. The molecule has 0 saturated heterocycles. The molecule has 2 N–H and O–H groups in total. The van der Waals surface area contributed by atoms with Crippen LogP contribution in [0.25, 0.3) is 16.8 Å². The first-order valence-electron chi connectivity index (χ1n) is 9.81. The van der Waals surface area contributed by atoms with Gasteiger partial charge in [0, 0.05) is 42.3 Å². The Balaban J connectivity index is 1.69. The average Bonchev–Trinajstić information content (AvgIpc) is 3.06. The number of imidazole rings is 1. The fraction of sp³-hybridized carbons (Fsp3) is 0.125. The zero-order chi connectivity index (χ0) is 20.7. The lowest BCUT2D eigenvalue weighted by molar-refractivity contribution is 0.872. The number of pyridine rings is 1. The summed E-state index contributed by atoms with van der Waals surface area (Å²) in [4.78, 5) is 11.1. The Kier molecular flexibility index (Phi) is 4.22. The zero-order valence-electron chi connectivity index (χ0n) is 16.6. The highest BCUT2D eigenvalue weighted by Crippen LogP contribution is 2.38. The molecule has 1 aliphatic rings. The smallest absolute Gasteiger partial charge is 0.123 e. The lowest BCUT2D eigenvalue weighted by atomic mass is 10.0. The van der Waals surface area contributed by atoms with Gasteiger partial charge in [0.05, 0.1) is 23.0 Å². The van der Waals surface area contributed by atoms with E-state index in [1.807, 2.05) is 49.5 Å². The largest absolute Gasteiger partial charge is 0.384 e. The van der Waals surface area contributed by atoms with E-state index in [0.717, 1.165) is 47.0 Å². The lowest BCUT2D eigenvalue weighted by Gasteiger charge is -2.26. The number of fused-ring (bicyclic) bond motifs is 3. The summed E-state index contributed by atoms with van der Waals surface area (Å²) in [6, 6.07) is 20.2. The summed E-state index contributed by atoms with van der Waals surface area (Å²) in [6.07, 6.45) is 4.63. The Hall–Kier alpha value is -4.11. The van der Waals surface area contributed by atoms with Gasteiger partial charge in [0.2, 0.25) is 0 Å². The van der Waals surface area contributed by atoms with Crippen LogP contribution in [0.15, 0.2) is 67.0 Å². The molecule has 3 heterocycles. The molecule has 0 bridgehead atoms. The van der Waals surface area contributed by atoms with Crippen molar-refractivity contribution in [2.45, 2.75) is 13.3 Å². The lowest BCUT2D eigenvalue weighted by Crippen LogP contribution is -2.19. The van der Waals surface area contributed by atoms with E-state index in [-0.39, 0.29) is 0 Å². The van der Waals surface area contributed by atoms with Gasteiger partial charge < -0.3 is 10.6 Å². The molecule has 5 rings (SSSR count). The number of nitrogens with two attached hydrogens (primary N) is 1. The number of hydrogen-bond acceptors (Lipinski definition) is 5. The highest BCUT2D eigenvalue weighted by atomic mass is 15.2. The van der Waals surface area contributed by atoms with Gasteiger partial charge in [0.25, 0.3) is 0 Å². The van der Waals surface area contributed by atoms with Crippen molar-refractivity contribution < 1.29 is 0 Å². The van der Waals surface area contributed by atoms with Crippen molar-refractivity contribution >= 4 is 17.2 Å². The quantitative estimate of drug-likeness (QED) is 0.547. The highest BCUT2D eigenvalue weighted by Gasteiger charge is 2.23. The van der Waals surface area contributed by atoms with E-state index in [1.54, 1.807) is 6.20 Å². The first-order chi connectivity index (χ1) is 14.6. The van der Waals surface area contributed by atoms with E-state index in [1.165, 1.54) is 5.69 Å². The number of benzene rings is 2. The molecule has 0 amide bonds. The molecular formula is C24H20N6. The number of nitriles is 1. The Morgan fingerprint density at radius 2 is 1.73 bits per heavy atom. The van der Waals surface area contributed by atoms with E-state index in [0.29, 0.717) is 11.4 Å². The Morgan fingerprint density at radius 1 is 0.933 bits per heavy atom. The molecule has 0 spiro atoms. The fourth-order valence-electron chi connectivity index (χ4n) is 4.01. The van der Waals surface area contributed by atoms with E-state index < -0.39 is 0 Å². The van der Waals surface area contributed by atoms with Gasteiger partial charge in [-0.2, -0.15) is 5.26 Å². The normalized spacial score (nSPS) is 12.6. The monoisotopic (exact) mass is 392 g/mol. The number of nitrogen functional groups attached to an aromatic ring is 1. The summed E-state index contributed by atoms with van der Waals surface area (Å²) < 4.78 is 2.23. The third-order valence-corrected chi connectivity index (χ3v) is 5.54. The predicted octanol–water partition coefficient (Wildman–Crippen LogP) is 4.39. The van der Waals surface area contributed by atoms with Crippen LogP contribution in [0.3, 0.4) is 0 Å². The summed E-state index contributed by atoms with van der Waals surface area (Å²) in [5, 5.41) is 9.16. The topological polar surface area (TPSA) is 83.8 Å². The van der Waals surface area contributed by atoms with Crippen LogP contribution in [0.5, 0.6) is 0 Å². The molecule has 6 nitrogen and oxygen atoms in total. The molecule has 0 atom stereocenters. The van der Waals surface area contributed by atoms with Crippen LogP contribution in [0, 0.1) is 18.3 Å². The maximum Gasteiger partial charge on any atom is 0.123 e. The maximum absolute atomic E-state index is 9.16. The van der Waals surface area contributed by atoms with Crippen molar-refractivity contribution in [3.8, 4) is 22.9 Å². The number of hydrogen-bond donors (Lipinski definition) is 1. The van der Waals surface area contributed by atoms with E-state index >= 15 is 0 Å². The zero-order valence-corrected chi connectivity index (χ0v) is 16.6. The molecule has 0 saturated carbocycles. The molecule has 4 aromatic rings. The van der Waals surface area contributed by atoms with Gasteiger partial charge in [0.15, 0.2) is 0 Å². The molecule has 30 heavy (non-hydrogen) atoms. The SMILES string of the molecule is Cc1ncc2n1-c1ccc(-c3ccc(N)nc3)cc1N(c1ccc(C#N)cc1)CC2. The predicted molar refractivity (Wildman–Crippen MR) is 118 cm³/mol. The maximum atomic E-state index is 9.16. The molecule has 2 aromatic heterocycles. The van der Waals surface area contributed by atoms with E-state index in [9.17, 15) is 0 Å². The second-order valence-corrected chi connectivity index (χ2v) is 7.37. The molecule has 0 fully saturated rings. The third kappa shape index (κ3) is 2.97. The minimum Gasteiger partial charge on any atom is -0.384 e. The van der Waals surface area contributed by atoms with Gasteiger partial charge >= 0.3 is 0 Å². The molecule has 0 unspecified atom stereocenters. The highest BCUT2D eigenvalue weighted by molar-refractivity contribution is 5.79. The van der Waals surface area contributed by atoms with Gasteiger partial charge in [-0.15, -0.1) is 0 Å². The molecule has 0 radical (unpaired) electrons. The van der Waals surface area contributed by atoms with Gasteiger partial charge in [-0.25, -0.2) is 9.97 Å². The van der Waals surface area contributed by atoms with Crippen molar-refractivity contribution in [2.75, 3.05) is 17.2 Å². The third-order valence-electron chi connectivity index (χ3n) is 5.54. The van der Waals surface area contributed by atoms with Crippen LogP contribution in [-0.4, -0.2) is 21.1 Å². The van der Waals surface area contributed by atoms with Crippen LogP contribution < -0.4 is 10.6 Å². The molecule has 146 valence electrons. The van der Waals surface area contributed by atoms with Crippen LogP contribution in [0.2, 0.25) is 0 Å². The van der Waals surface area contributed by atoms with Gasteiger partial charge in [-0.1, -0.05) is 6.07 Å². The van der Waals surface area contributed by atoms with Crippen molar-refractivity contribution in [2.24, 2.45) is 0 Å². The van der Waals surface area contributed by atoms with Crippen LogP contribution in [0.4, 0.5) is 17.2 Å². The number of aryl methyl sites for hydroxylation is 1. The van der Waals surface area contributed by atoms with Crippen LogP contribution >= 0.6 is 0 Å². The van der Waals surface area contributed by atoms with Crippen molar-refractivity contribution in [1.82, 2.24) is 14.5 Å². The Bertz CT molecular complexity index is 1260. The average molecular weight is 392 g/mol. The Labute approximate surface area is 174 Å². The summed E-state index contributed by atoms with van der Waals surface area (Å²) >= 11 is 0. The second-order valence-electron chi connectivity index (χ2n) is 7.37. The summed E-state index contributed by atoms with van der Waals surface area (Å²) in [7, 11) is 0. The summed E-state index contributed by atoms with van der Waals surface area (Å²) in [5.74, 6) is 1.47. The summed E-state index contributed by atoms with van der Waals surface area (Å²) in [6.45, 7) is 2.84. The standard InChI is InChI=1S/C24H20N6/c1-16-27-15-21-10-11-29(20-6-2-17(13-25)3-7-20)23-12-18(4-8-22(23)30(16)21)19-5-9-24(26)28-14-19/h2-9,12,14-15H,10-11H2,1H3,(H2,26,28). The fourth-order valence-corrected chi connectivity index (χ4v) is 4.01. The number of anilines is 3. The van der Waals surface area contributed by atoms with Gasteiger partial charge in [-0.3, -0.25) is 4.57 Å². The van der Waals surface area contributed by atoms with E-state index in [4.69, 9.17) is 11.0 Å². The van der Waals surface area contributed by atoms with Gasteiger partial charge in [0.1, 0.15) is 11.6 Å². The van der Waals surface area contributed by atoms with Crippen LogP contribution in [0.1, 0.15) is 17.1 Å². The molecular weight excluding hydrogens is 372 g/mol. The van der Waals surface area contributed by atoms with Crippen molar-refractivity contribution in [1.29, 1.82) is 5.26 Å². The first-order valence-corrected chi connectivity index (χ1v) is 9.81. The number of aromatic nitrogens is 3. The van der Waals surface area contributed by atoms with E-state index in [2.05, 4.69) is 43.7 Å². The number of nitrogens with zero attached hydrogens (tertiary/aromatic N) is 5. The Morgan fingerprint density at radius 3 is 2.47 bits per heavy atom. The molecule has 6 heteroatoms. The minimum atomic E-state index is 0.506. The van der Waals surface area contributed by atoms with Crippen LogP contribution in [-0.2, 0) is 6.42 Å². The minimum absolute atomic E-state index is 0.506. The number of rotatable bonds is 2. The van der Waals surface area contributed by atoms with Gasteiger partial charge in [-0.05, 0) is 61.0 Å². The summed E-state index contributed by atoms with van der Waals surface area (Å²) in [5.41, 5.74) is 12.9. The van der Waals surface area contributed by atoms with Crippen molar-refractivity contribution in [3.05, 3.63) is 84.1 Å².